The maximum Gasteiger partial charge on any atom is 0.306 e. The number of esters is 1. The summed E-state index contributed by atoms with van der Waals surface area (Å²) in [6, 6.07) is 6.59. The van der Waals surface area contributed by atoms with Crippen LogP contribution in [0.25, 0.3) is 33.2 Å². The van der Waals surface area contributed by atoms with E-state index in [1.54, 1.807) is 0 Å². The molecule has 5 rings (SSSR count). The zero-order valence-electron chi connectivity index (χ0n) is 36.2. The van der Waals surface area contributed by atoms with Crippen LogP contribution in [0, 0.1) is 20.8 Å². The van der Waals surface area contributed by atoms with E-state index < -0.39 is 6.10 Å². The van der Waals surface area contributed by atoms with Crippen molar-refractivity contribution in [2.24, 2.45) is 0 Å². The lowest BCUT2D eigenvalue weighted by Crippen LogP contribution is -2.10. The number of rotatable bonds is 14. The van der Waals surface area contributed by atoms with Crippen molar-refractivity contribution in [3.8, 4) is 0 Å². The van der Waals surface area contributed by atoms with Crippen molar-refractivity contribution in [1.29, 1.82) is 0 Å². The molecule has 0 fully saturated rings. The first-order chi connectivity index (χ1) is 26.6. The van der Waals surface area contributed by atoms with Gasteiger partial charge in [-0.25, -0.2) is 4.98 Å². The van der Waals surface area contributed by atoms with Crippen molar-refractivity contribution >= 4 is 39.2 Å². The lowest BCUT2D eigenvalue weighted by atomic mass is 9.84. The maximum absolute atomic E-state index is 13.2. The number of H-pyrrole nitrogens is 2. The third kappa shape index (κ3) is 9.54. The number of aliphatic hydroxyl groups is 1. The molecule has 0 unspecified atom stereocenters. The molecule has 0 amide bonds. The van der Waals surface area contributed by atoms with Crippen LogP contribution >= 0.6 is 0 Å². The van der Waals surface area contributed by atoms with Crippen LogP contribution in [-0.2, 0) is 22.4 Å². The standard InChI is InChI=1S/C49H66N4O3/c1-13-37-25-40-33(9)49-39(21-22-45(55)56-24-23-30(6)20-16-19-29(5)18-15-17-28(3)4)32(8)47(53-49)35(11)48-34(10)46(36(12)54)44(52-48)26-41-31(7)38(14-2)43(51-41)27-42(37)50-40/h17,19,23,25-27,32,36,39,50-51,54H,13-16,18,20-22,24H2,1-12H3/b29-19+,30-23+,40-33?,41-26?,42-27?,43-27?,44-26?,47-35?,48-35?,49-33?/t32-,36+,39-/m0/s1. The van der Waals surface area contributed by atoms with Gasteiger partial charge in [0.05, 0.1) is 17.5 Å². The smallest absolute Gasteiger partial charge is 0.306 e. The van der Waals surface area contributed by atoms with Gasteiger partial charge in [0.15, 0.2) is 0 Å². The number of ether oxygens (including phenoxy) is 1. The van der Waals surface area contributed by atoms with Crippen molar-refractivity contribution in [1.82, 2.24) is 19.9 Å². The van der Waals surface area contributed by atoms with Crippen molar-refractivity contribution in [2.75, 3.05) is 6.61 Å². The van der Waals surface area contributed by atoms with Gasteiger partial charge in [-0.2, -0.15) is 0 Å². The molecular formula is C49H66N4O3. The third-order valence-electron chi connectivity index (χ3n) is 12.0. The summed E-state index contributed by atoms with van der Waals surface area (Å²) >= 11 is 0. The Labute approximate surface area is 335 Å². The van der Waals surface area contributed by atoms with E-state index in [4.69, 9.17) is 14.7 Å². The summed E-state index contributed by atoms with van der Waals surface area (Å²) in [4.78, 5) is 31.3. The SMILES string of the molecule is CCc1cc2[nH]c1cc1[nH]c(cc3nc(c(C)c4nc(c2C)[C@@H](CCC(=O)OC/C=C(\C)CC/C=C(\C)CCC=C(C)C)[C@@H]4C)C(C)=C3[C@@H](C)O)c(C)c1CC. The summed E-state index contributed by atoms with van der Waals surface area (Å²) in [5.41, 5.74) is 19.5. The predicted molar refractivity (Wildman–Crippen MR) is 235 cm³/mol. The minimum absolute atomic E-state index is 0.0189. The van der Waals surface area contributed by atoms with Gasteiger partial charge in [-0.3, -0.25) is 9.78 Å². The number of aryl methyl sites for hydroxylation is 4. The summed E-state index contributed by atoms with van der Waals surface area (Å²) < 4.78 is 5.76. The van der Waals surface area contributed by atoms with Crippen molar-refractivity contribution in [3.05, 3.63) is 104 Å². The summed E-state index contributed by atoms with van der Waals surface area (Å²) in [6.07, 6.45) is 12.8. The second-order valence-corrected chi connectivity index (χ2v) is 16.4. The molecule has 7 nitrogen and oxygen atoms in total. The largest absolute Gasteiger partial charge is 0.461 e. The Morgan fingerprint density at radius 2 is 1.46 bits per heavy atom. The first-order valence-corrected chi connectivity index (χ1v) is 20.9. The summed E-state index contributed by atoms with van der Waals surface area (Å²) in [5, 5.41) is 11.0. The third-order valence-corrected chi connectivity index (χ3v) is 12.0. The summed E-state index contributed by atoms with van der Waals surface area (Å²) in [5.74, 6) is -0.118. The molecule has 0 saturated carbocycles. The molecule has 2 aliphatic heterocycles. The highest BCUT2D eigenvalue weighted by atomic mass is 16.5. The van der Waals surface area contributed by atoms with Gasteiger partial charge in [0.25, 0.3) is 0 Å². The van der Waals surface area contributed by atoms with Crippen LogP contribution in [0.2, 0.25) is 0 Å². The number of hydrogen-bond acceptors (Lipinski definition) is 5. The van der Waals surface area contributed by atoms with E-state index in [1.165, 1.54) is 33.4 Å². The number of aromatic nitrogens is 4. The van der Waals surface area contributed by atoms with E-state index in [1.807, 2.05) is 13.0 Å². The molecule has 0 aromatic carbocycles. The topological polar surface area (TPSA) is 104 Å². The molecule has 0 radical (unpaired) electrons. The molecule has 8 bridgehead atoms. The zero-order chi connectivity index (χ0) is 40.8. The van der Waals surface area contributed by atoms with Gasteiger partial charge in [-0.1, -0.05) is 49.6 Å². The Morgan fingerprint density at radius 1 is 0.804 bits per heavy atom. The van der Waals surface area contributed by atoms with Crippen molar-refractivity contribution in [2.45, 2.75) is 152 Å². The van der Waals surface area contributed by atoms with E-state index in [0.717, 1.165) is 106 Å². The number of carbonyl (C=O) groups is 1. The number of fused-ring (bicyclic) bond motifs is 8. The summed E-state index contributed by atoms with van der Waals surface area (Å²) in [6.45, 7) is 25.8. The fraction of sp³-hybridized carbons (Fsp3) is 0.490. The number of hydrogen-bond donors (Lipinski definition) is 3. The first-order valence-electron chi connectivity index (χ1n) is 20.9. The molecular weight excluding hydrogens is 693 g/mol. The molecule has 56 heavy (non-hydrogen) atoms. The second kappa shape index (κ2) is 18.6. The van der Waals surface area contributed by atoms with Crippen LogP contribution in [0.15, 0.2) is 53.1 Å². The van der Waals surface area contributed by atoms with Gasteiger partial charge in [0.1, 0.15) is 6.61 Å². The maximum atomic E-state index is 13.2. The van der Waals surface area contributed by atoms with E-state index in [0.29, 0.717) is 19.4 Å². The highest BCUT2D eigenvalue weighted by molar-refractivity contribution is 5.94. The number of carbonyl (C=O) groups excluding carboxylic acids is 1. The van der Waals surface area contributed by atoms with Crippen molar-refractivity contribution < 1.29 is 14.6 Å². The van der Waals surface area contributed by atoms with E-state index in [2.05, 4.69) is 116 Å². The van der Waals surface area contributed by atoms with Crippen LogP contribution in [0.5, 0.6) is 0 Å². The van der Waals surface area contributed by atoms with E-state index in [9.17, 15) is 9.90 Å². The minimum Gasteiger partial charge on any atom is -0.461 e. The van der Waals surface area contributed by atoms with Gasteiger partial charge in [0.2, 0.25) is 0 Å². The van der Waals surface area contributed by atoms with Gasteiger partial charge in [-0.05, 0) is 165 Å². The molecule has 7 heteroatoms. The van der Waals surface area contributed by atoms with E-state index in [-0.39, 0.29) is 17.8 Å². The monoisotopic (exact) mass is 759 g/mol. The molecule has 0 spiro atoms. The lowest BCUT2D eigenvalue weighted by molar-refractivity contribution is -0.142. The van der Waals surface area contributed by atoms with Crippen LogP contribution < -0.4 is 0 Å². The molecule has 3 N–H and O–H groups in total. The Morgan fingerprint density at radius 3 is 2.12 bits per heavy atom. The predicted octanol–water partition coefficient (Wildman–Crippen LogP) is 12.3. The molecule has 3 aromatic rings. The van der Waals surface area contributed by atoms with Crippen molar-refractivity contribution in [3.63, 3.8) is 0 Å². The fourth-order valence-corrected chi connectivity index (χ4v) is 8.54. The van der Waals surface area contributed by atoms with Crippen LogP contribution in [-0.4, -0.2) is 43.7 Å². The molecule has 0 saturated heterocycles. The zero-order valence-corrected chi connectivity index (χ0v) is 36.2. The second-order valence-electron chi connectivity index (χ2n) is 16.4. The van der Waals surface area contributed by atoms with Gasteiger partial charge in [0, 0.05) is 57.3 Å². The quantitative estimate of drug-likeness (QED) is 0.112. The molecule has 300 valence electrons. The van der Waals surface area contributed by atoms with Crippen LogP contribution in [0.1, 0.15) is 163 Å². The Balaban J connectivity index is 1.48. The lowest BCUT2D eigenvalue weighted by Gasteiger charge is -2.18. The number of allylic oxidation sites excluding steroid dienone is 6. The van der Waals surface area contributed by atoms with Gasteiger partial charge < -0.3 is 19.8 Å². The fourth-order valence-electron chi connectivity index (χ4n) is 8.54. The number of aromatic amines is 2. The normalized spacial score (nSPS) is 16.7. The highest BCUT2D eigenvalue weighted by Crippen LogP contribution is 2.44. The molecule has 3 aromatic heterocycles. The number of nitrogens with one attached hydrogen (secondary N) is 2. The molecule has 5 heterocycles. The van der Waals surface area contributed by atoms with Crippen LogP contribution in [0.3, 0.4) is 0 Å². The summed E-state index contributed by atoms with van der Waals surface area (Å²) in [7, 11) is 0. The highest BCUT2D eigenvalue weighted by Gasteiger charge is 2.33. The van der Waals surface area contributed by atoms with Gasteiger partial charge >= 0.3 is 5.97 Å². The molecule has 2 aliphatic rings. The number of nitrogens with zero attached hydrogens (tertiary/aromatic N) is 2. The Bertz CT molecular complexity index is 2240. The number of aliphatic hydroxyl groups excluding tert-OH is 1. The van der Waals surface area contributed by atoms with Crippen LogP contribution in [0.4, 0.5) is 0 Å². The Hall–Kier alpha value is -4.49. The minimum atomic E-state index is -0.685. The Kier molecular flexibility index (Phi) is 14.2. The molecule has 3 atom stereocenters. The molecule has 0 aliphatic carbocycles. The van der Waals surface area contributed by atoms with E-state index >= 15 is 0 Å². The van der Waals surface area contributed by atoms with Gasteiger partial charge in [-0.15, -0.1) is 0 Å². The average Bonchev–Trinajstić information content (AvgIpc) is 3.88. The average molecular weight is 759 g/mol. The first kappa shape index (κ1) is 42.6.